The number of primary amides is 1. The highest BCUT2D eigenvalue weighted by Gasteiger charge is 2.20. The minimum Gasteiger partial charge on any atom is -0.369 e. The Bertz CT molecular complexity index is 222. The third-order valence-electron chi connectivity index (χ3n) is 1.56. The monoisotopic (exact) mass is 171 g/mol. The van der Waals surface area contributed by atoms with E-state index in [0.717, 1.165) is 0 Å². The number of hydrogen-bond donors (Lipinski definition) is 2. The number of rotatable bonds is 2. The molecule has 1 aliphatic rings. The SMILES string of the molecule is NC(=O)C1CC=CC=C1SO. The van der Waals surface area contributed by atoms with Crippen molar-refractivity contribution < 1.29 is 9.35 Å². The van der Waals surface area contributed by atoms with Gasteiger partial charge in [0.05, 0.1) is 5.92 Å². The first-order valence-electron chi connectivity index (χ1n) is 3.23. The van der Waals surface area contributed by atoms with Crippen LogP contribution in [0.3, 0.4) is 0 Å². The molecule has 11 heavy (non-hydrogen) atoms. The molecule has 1 atom stereocenters. The smallest absolute Gasteiger partial charge is 0.225 e. The van der Waals surface area contributed by atoms with Gasteiger partial charge in [-0.3, -0.25) is 4.79 Å². The zero-order valence-electron chi connectivity index (χ0n) is 5.86. The van der Waals surface area contributed by atoms with Crippen LogP contribution in [-0.4, -0.2) is 10.5 Å². The summed E-state index contributed by atoms with van der Waals surface area (Å²) in [5, 5.41) is 0. The molecule has 0 fully saturated rings. The summed E-state index contributed by atoms with van der Waals surface area (Å²) in [7, 11) is 0. The number of carbonyl (C=O) groups is 1. The molecule has 0 heterocycles. The lowest BCUT2D eigenvalue weighted by Gasteiger charge is -2.14. The molecule has 3 N–H and O–H groups in total. The Kier molecular flexibility index (Phi) is 2.73. The number of amides is 1. The zero-order chi connectivity index (χ0) is 8.27. The highest BCUT2D eigenvalue weighted by molar-refractivity contribution is 7.97. The Morgan fingerprint density at radius 2 is 2.55 bits per heavy atom. The number of carbonyl (C=O) groups excluding carboxylic acids is 1. The van der Waals surface area contributed by atoms with E-state index in [1.807, 2.05) is 6.08 Å². The highest BCUT2D eigenvalue weighted by atomic mass is 32.2. The van der Waals surface area contributed by atoms with E-state index in [2.05, 4.69) is 0 Å². The van der Waals surface area contributed by atoms with Crippen molar-refractivity contribution in [1.82, 2.24) is 0 Å². The second kappa shape index (κ2) is 3.59. The lowest BCUT2D eigenvalue weighted by atomic mass is 10.0. The number of hydrogen-bond acceptors (Lipinski definition) is 3. The van der Waals surface area contributed by atoms with Gasteiger partial charge in [-0.1, -0.05) is 12.2 Å². The zero-order valence-corrected chi connectivity index (χ0v) is 6.67. The molecule has 1 unspecified atom stereocenters. The lowest BCUT2D eigenvalue weighted by Crippen LogP contribution is -2.24. The average molecular weight is 171 g/mol. The van der Waals surface area contributed by atoms with Gasteiger partial charge in [0.15, 0.2) is 0 Å². The van der Waals surface area contributed by atoms with Crippen LogP contribution in [0.5, 0.6) is 0 Å². The van der Waals surface area contributed by atoms with Crippen molar-refractivity contribution in [2.45, 2.75) is 6.42 Å². The molecular weight excluding hydrogens is 162 g/mol. The summed E-state index contributed by atoms with van der Waals surface area (Å²) in [5.41, 5.74) is 5.10. The fourth-order valence-corrected chi connectivity index (χ4v) is 1.44. The van der Waals surface area contributed by atoms with Gasteiger partial charge in [-0.25, -0.2) is 0 Å². The number of allylic oxidation sites excluding steroid dienone is 3. The Morgan fingerprint density at radius 3 is 3.00 bits per heavy atom. The van der Waals surface area contributed by atoms with Crippen LogP contribution >= 0.6 is 12.0 Å². The molecule has 0 radical (unpaired) electrons. The van der Waals surface area contributed by atoms with Crippen LogP contribution in [0.2, 0.25) is 0 Å². The molecule has 0 aromatic heterocycles. The second-order valence-corrected chi connectivity index (χ2v) is 2.93. The van der Waals surface area contributed by atoms with E-state index in [4.69, 9.17) is 10.3 Å². The Labute approximate surface area is 69.2 Å². The largest absolute Gasteiger partial charge is 0.369 e. The highest BCUT2D eigenvalue weighted by Crippen LogP contribution is 2.27. The molecule has 0 aromatic carbocycles. The summed E-state index contributed by atoms with van der Waals surface area (Å²) in [6.45, 7) is 0. The van der Waals surface area contributed by atoms with Crippen LogP contribution in [0.4, 0.5) is 0 Å². The van der Waals surface area contributed by atoms with E-state index in [0.29, 0.717) is 23.4 Å². The van der Waals surface area contributed by atoms with Crippen LogP contribution in [0.25, 0.3) is 0 Å². The van der Waals surface area contributed by atoms with Gasteiger partial charge in [0, 0.05) is 16.9 Å². The third kappa shape index (κ3) is 1.85. The topological polar surface area (TPSA) is 63.3 Å². The summed E-state index contributed by atoms with van der Waals surface area (Å²) in [6.07, 6.45) is 5.95. The maximum Gasteiger partial charge on any atom is 0.225 e. The van der Waals surface area contributed by atoms with E-state index < -0.39 is 0 Å². The summed E-state index contributed by atoms with van der Waals surface area (Å²) < 4.78 is 8.72. The van der Waals surface area contributed by atoms with Gasteiger partial charge in [0.25, 0.3) is 0 Å². The van der Waals surface area contributed by atoms with Crippen molar-refractivity contribution >= 4 is 17.9 Å². The minimum absolute atomic E-state index is 0.338. The quantitative estimate of drug-likeness (QED) is 0.612. The fourth-order valence-electron chi connectivity index (χ4n) is 0.960. The van der Waals surface area contributed by atoms with Crippen LogP contribution in [0.15, 0.2) is 23.1 Å². The first-order valence-corrected chi connectivity index (χ1v) is 4.00. The first kappa shape index (κ1) is 8.36. The molecule has 0 spiro atoms. The summed E-state index contributed by atoms with van der Waals surface area (Å²) in [5.74, 6) is -0.725. The second-order valence-electron chi connectivity index (χ2n) is 2.28. The first-order chi connectivity index (χ1) is 5.25. The molecule has 0 aromatic rings. The normalized spacial score (nSPS) is 23.0. The van der Waals surface area contributed by atoms with Crippen molar-refractivity contribution in [3.63, 3.8) is 0 Å². The van der Waals surface area contributed by atoms with Gasteiger partial charge in [-0.15, -0.1) is 0 Å². The van der Waals surface area contributed by atoms with Gasteiger partial charge in [0.2, 0.25) is 5.91 Å². The van der Waals surface area contributed by atoms with E-state index >= 15 is 0 Å². The summed E-state index contributed by atoms with van der Waals surface area (Å²) in [4.78, 5) is 11.4. The summed E-state index contributed by atoms with van der Waals surface area (Å²) >= 11 is 0.591. The molecule has 0 saturated heterocycles. The maximum atomic E-state index is 10.7. The standard InChI is InChI=1S/C7H9NO2S/c8-7(9)5-3-1-2-4-6(5)11-10/h1-2,4-5,10H,3H2,(H2,8,9). The Balaban J connectivity index is 2.75. The van der Waals surface area contributed by atoms with Crippen molar-refractivity contribution in [2.75, 3.05) is 0 Å². The molecule has 1 rings (SSSR count). The van der Waals surface area contributed by atoms with Crippen molar-refractivity contribution in [3.8, 4) is 0 Å². The van der Waals surface area contributed by atoms with Gasteiger partial charge < -0.3 is 10.3 Å². The van der Waals surface area contributed by atoms with Crippen LogP contribution in [0, 0.1) is 5.92 Å². The van der Waals surface area contributed by atoms with Crippen molar-refractivity contribution in [3.05, 3.63) is 23.1 Å². The fraction of sp³-hybridized carbons (Fsp3) is 0.286. The predicted octanol–water partition coefficient (Wildman–Crippen LogP) is 1.14. The molecule has 3 nitrogen and oxygen atoms in total. The van der Waals surface area contributed by atoms with Gasteiger partial charge in [-0.2, -0.15) is 0 Å². The Morgan fingerprint density at radius 1 is 1.82 bits per heavy atom. The van der Waals surface area contributed by atoms with E-state index in [-0.39, 0.29) is 11.8 Å². The molecule has 0 bridgehead atoms. The molecule has 60 valence electrons. The van der Waals surface area contributed by atoms with Gasteiger partial charge in [0.1, 0.15) is 0 Å². The Hall–Kier alpha value is -0.740. The van der Waals surface area contributed by atoms with E-state index in [9.17, 15) is 4.79 Å². The molecule has 0 saturated carbocycles. The van der Waals surface area contributed by atoms with Crippen LogP contribution < -0.4 is 5.73 Å². The maximum absolute atomic E-state index is 10.7. The van der Waals surface area contributed by atoms with Crippen LogP contribution in [0.1, 0.15) is 6.42 Å². The molecule has 1 amide bonds. The van der Waals surface area contributed by atoms with Crippen LogP contribution in [-0.2, 0) is 4.79 Å². The number of nitrogens with two attached hydrogens (primary N) is 1. The molecule has 1 aliphatic carbocycles. The minimum atomic E-state index is -0.387. The lowest BCUT2D eigenvalue weighted by molar-refractivity contribution is -0.120. The van der Waals surface area contributed by atoms with E-state index in [1.54, 1.807) is 12.2 Å². The van der Waals surface area contributed by atoms with Crippen molar-refractivity contribution in [1.29, 1.82) is 0 Å². The van der Waals surface area contributed by atoms with Crippen molar-refractivity contribution in [2.24, 2.45) is 11.7 Å². The van der Waals surface area contributed by atoms with Gasteiger partial charge in [-0.05, 0) is 12.5 Å². The molecular formula is C7H9NO2S. The third-order valence-corrected chi connectivity index (χ3v) is 2.19. The predicted molar refractivity (Wildman–Crippen MR) is 44.7 cm³/mol. The molecule has 0 aliphatic heterocycles. The summed E-state index contributed by atoms with van der Waals surface area (Å²) in [6, 6.07) is 0. The average Bonchev–Trinajstić information content (AvgIpc) is 2.04. The van der Waals surface area contributed by atoms with E-state index in [1.165, 1.54) is 0 Å². The van der Waals surface area contributed by atoms with Gasteiger partial charge >= 0.3 is 0 Å². The molecule has 4 heteroatoms.